The van der Waals surface area contributed by atoms with Crippen LogP contribution >= 0.6 is 0 Å². The van der Waals surface area contributed by atoms with Gasteiger partial charge in [-0.15, -0.1) is 0 Å². The third-order valence-corrected chi connectivity index (χ3v) is 5.51. The molecule has 0 bridgehead atoms. The Morgan fingerprint density at radius 2 is 1.92 bits per heavy atom. The van der Waals surface area contributed by atoms with Gasteiger partial charge in [0.2, 0.25) is 5.91 Å². The fourth-order valence-corrected chi connectivity index (χ4v) is 4.11. The summed E-state index contributed by atoms with van der Waals surface area (Å²) in [7, 11) is 1.57. The van der Waals surface area contributed by atoms with Gasteiger partial charge < -0.3 is 15.4 Å². The summed E-state index contributed by atoms with van der Waals surface area (Å²) >= 11 is 0. The molecule has 1 spiro atoms. The highest BCUT2D eigenvalue weighted by Crippen LogP contribution is 2.48. The summed E-state index contributed by atoms with van der Waals surface area (Å²) in [6.45, 7) is 0. The zero-order valence-corrected chi connectivity index (χ0v) is 14.8. The lowest BCUT2D eigenvalue weighted by Crippen LogP contribution is -2.36. The van der Waals surface area contributed by atoms with E-state index < -0.39 is 5.41 Å². The van der Waals surface area contributed by atoms with Crippen LogP contribution in [-0.2, 0) is 10.2 Å². The molecule has 1 aliphatic carbocycles. The number of nitrogens with one attached hydrogen (secondary N) is 2. The van der Waals surface area contributed by atoms with Gasteiger partial charge in [0.05, 0.1) is 12.5 Å². The largest absolute Gasteiger partial charge is 0.497 e. The third kappa shape index (κ3) is 2.73. The van der Waals surface area contributed by atoms with Gasteiger partial charge in [0.15, 0.2) is 0 Å². The van der Waals surface area contributed by atoms with Crippen molar-refractivity contribution in [1.82, 2.24) is 0 Å². The van der Waals surface area contributed by atoms with Crippen molar-refractivity contribution in [2.45, 2.75) is 37.5 Å². The molecule has 2 aromatic carbocycles. The number of carbonyl (C=O) groups excluding carboxylic acids is 2. The van der Waals surface area contributed by atoms with E-state index in [2.05, 4.69) is 10.6 Å². The molecule has 1 heterocycles. The van der Waals surface area contributed by atoms with Crippen LogP contribution in [0.15, 0.2) is 42.5 Å². The average Bonchev–Trinajstić information content (AvgIpc) is 2.94. The van der Waals surface area contributed by atoms with Crippen LogP contribution in [0, 0.1) is 0 Å². The summed E-state index contributed by atoms with van der Waals surface area (Å²) in [6, 6.07) is 12.7. The summed E-state index contributed by atoms with van der Waals surface area (Å²) < 4.78 is 5.18. The molecule has 2 aliphatic rings. The Balaban J connectivity index is 1.61. The first-order valence-electron chi connectivity index (χ1n) is 9.04. The van der Waals surface area contributed by atoms with Gasteiger partial charge in [-0.3, -0.25) is 9.59 Å². The van der Waals surface area contributed by atoms with E-state index in [1.165, 1.54) is 6.42 Å². The molecule has 4 rings (SSSR count). The highest BCUT2D eigenvalue weighted by molar-refractivity contribution is 6.08. The molecule has 26 heavy (non-hydrogen) atoms. The van der Waals surface area contributed by atoms with Crippen molar-refractivity contribution >= 4 is 23.2 Å². The normalized spacial score (nSPS) is 17.5. The second-order valence-corrected chi connectivity index (χ2v) is 7.04. The Bertz CT molecular complexity index is 869. The summed E-state index contributed by atoms with van der Waals surface area (Å²) in [4.78, 5) is 25.2. The third-order valence-electron chi connectivity index (χ3n) is 5.51. The second kappa shape index (κ2) is 6.48. The first kappa shape index (κ1) is 16.6. The van der Waals surface area contributed by atoms with E-state index in [-0.39, 0.29) is 11.8 Å². The monoisotopic (exact) mass is 350 g/mol. The molecule has 2 N–H and O–H groups in total. The minimum absolute atomic E-state index is 0.100. The van der Waals surface area contributed by atoms with Gasteiger partial charge in [-0.1, -0.05) is 25.3 Å². The molecule has 1 aliphatic heterocycles. The zero-order valence-electron chi connectivity index (χ0n) is 14.8. The van der Waals surface area contributed by atoms with Crippen molar-refractivity contribution in [3.05, 3.63) is 53.6 Å². The van der Waals surface area contributed by atoms with E-state index in [1.54, 1.807) is 31.4 Å². The minimum Gasteiger partial charge on any atom is -0.497 e. The molecule has 0 unspecified atom stereocenters. The van der Waals surface area contributed by atoms with Crippen LogP contribution in [0.5, 0.6) is 5.75 Å². The van der Waals surface area contributed by atoms with Crippen LogP contribution in [0.25, 0.3) is 0 Å². The van der Waals surface area contributed by atoms with Gasteiger partial charge in [-0.2, -0.15) is 0 Å². The topological polar surface area (TPSA) is 67.4 Å². The van der Waals surface area contributed by atoms with Crippen molar-refractivity contribution in [3.8, 4) is 5.75 Å². The molecule has 1 saturated carbocycles. The summed E-state index contributed by atoms with van der Waals surface area (Å²) in [5, 5.41) is 5.96. The number of ether oxygens (including phenoxy) is 1. The minimum atomic E-state index is -0.426. The Morgan fingerprint density at radius 1 is 1.12 bits per heavy atom. The maximum atomic E-state index is 12.6. The smallest absolute Gasteiger partial charge is 0.255 e. The summed E-state index contributed by atoms with van der Waals surface area (Å²) in [6.07, 6.45) is 5.05. The number of hydrogen-bond donors (Lipinski definition) is 2. The van der Waals surface area contributed by atoms with Crippen LogP contribution in [0.1, 0.15) is 48.0 Å². The van der Waals surface area contributed by atoms with Crippen molar-refractivity contribution in [3.63, 3.8) is 0 Å². The highest BCUT2D eigenvalue weighted by Gasteiger charge is 2.47. The Hall–Kier alpha value is -2.82. The van der Waals surface area contributed by atoms with Crippen LogP contribution in [0.4, 0.5) is 11.4 Å². The highest BCUT2D eigenvalue weighted by atomic mass is 16.5. The van der Waals surface area contributed by atoms with Crippen LogP contribution in [0.3, 0.4) is 0 Å². The first-order chi connectivity index (χ1) is 12.6. The van der Waals surface area contributed by atoms with Gasteiger partial charge >= 0.3 is 0 Å². The molecule has 1 fully saturated rings. The standard InChI is InChI=1S/C21H22N2O3/c1-26-16-7-5-6-14(12-16)19(24)22-15-8-9-18-17(13-15)21(20(25)23-18)10-3-2-4-11-21/h5-9,12-13H,2-4,10-11H2,1H3,(H,22,24)(H,23,25). The maximum absolute atomic E-state index is 12.6. The van der Waals surface area contributed by atoms with E-state index in [9.17, 15) is 9.59 Å². The number of anilines is 2. The van der Waals surface area contributed by atoms with Crippen molar-refractivity contribution in [2.24, 2.45) is 0 Å². The predicted molar refractivity (Wildman–Crippen MR) is 101 cm³/mol. The number of fused-ring (bicyclic) bond motifs is 2. The SMILES string of the molecule is COc1cccc(C(=O)Nc2ccc3c(c2)C2(CCCCC2)C(=O)N3)c1. The number of carbonyl (C=O) groups is 2. The first-order valence-corrected chi connectivity index (χ1v) is 9.04. The molecular formula is C21H22N2O3. The van der Waals surface area contributed by atoms with Crippen LogP contribution < -0.4 is 15.4 Å². The molecule has 0 atom stereocenters. The van der Waals surface area contributed by atoms with Crippen molar-refractivity contribution in [2.75, 3.05) is 17.7 Å². The summed E-state index contributed by atoms with van der Waals surface area (Å²) in [5.41, 5.74) is 2.70. The molecule has 0 aromatic heterocycles. The Labute approximate surface area is 152 Å². The van der Waals surface area contributed by atoms with Gasteiger partial charge in [-0.05, 0) is 54.8 Å². The van der Waals surface area contributed by atoms with E-state index in [0.29, 0.717) is 17.0 Å². The van der Waals surface area contributed by atoms with E-state index in [1.807, 2.05) is 18.2 Å². The molecule has 134 valence electrons. The number of rotatable bonds is 3. The molecule has 0 radical (unpaired) electrons. The average molecular weight is 350 g/mol. The summed E-state index contributed by atoms with van der Waals surface area (Å²) in [5.74, 6) is 0.546. The lowest BCUT2D eigenvalue weighted by atomic mass is 9.70. The molecule has 2 aromatic rings. The number of amides is 2. The number of hydrogen-bond acceptors (Lipinski definition) is 3. The molecule has 5 heteroatoms. The zero-order chi connectivity index (χ0) is 18.1. The molecule has 5 nitrogen and oxygen atoms in total. The van der Waals surface area contributed by atoms with Gasteiger partial charge in [0.1, 0.15) is 5.75 Å². The van der Waals surface area contributed by atoms with Crippen molar-refractivity contribution in [1.29, 1.82) is 0 Å². The molecule has 2 amide bonds. The van der Waals surface area contributed by atoms with Gasteiger partial charge in [-0.25, -0.2) is 0 Å². The lowest BCUT2D eigenvalue weighted by molar-refractivity contribution is -0.121. The number of methoxy groups -OCH3 is 1. The van der Waals surface area contributed by atoms with E-state index in [4.69, 9.17) is 4.74 Å². The van der Waals surface area contributed by atoms with Crippen LogP contribution in [-0.4, -0.2) is 18.9 Å². The van der Waals surface area contributed by atoms with Gasteiger partial charge in [0.25, 0.3) is 5.91 Å². The second-order valence-electron chi connectivity index (χ2n) is 7.04. The fourth-order valence-electron chi connectivity index (χ4n) is 4.11. The quantitative estimate of drug-likeness (QED) is 0.876. The predicted octanol–water partition coefficient (Wildman–Crippen LogP) is 4.10. The van der Waals surface area contributed by atoms with E-state index >= 15 is 0 Å². The van der Waals surface area contributed by atoms with Gasteiger partial charge in [0, 0.05) is 16.9 Å². The van der Waals surface area contributed by atoms with Crippen molar-refractivity contribution < 1.29 is 14.3 Å². The molecular weight excluding hydrogens is 328 g/mol. The lowest BCUT2D eigenvalue weighted by Gasteiger charge is -2.31. The number of benzene rings is 2. The Kier molecular flexibility index (Phi) is 4.15. The Morgan fingerprint density at radius 3 is 2.69 bits per heavy atom. The fraction of sp³-hybridized carbons (Fsp3) is 0.333. The van der Waals surface area contributed by atoms with E-state index in [0.717, 1.165) is 36.9 Å². The maximum Gasteiger partial charge on any atom is 0.255 e. The molecule has 0 saturated heterocycles. The van der Waals surface area contributed by atoms with Crippen LogP contribution in [0.2, 0.25) is 0 Å².